The van der Waals surface area contributed by atoms with E-state index in [9.17, 15) is 16.8 Å². The number of benzene rings is 1. The number of nitrogens with zero attached hydrogens (tertiary/aromatic N) is 1. The summed E-state index contributed by atoms with van der Waals surface area (Å²) in [5, 5.41) is 0. The molecule has 2 rings (SSSR count). The molecule has 7 nitrogen and oxygen atoms in total. The molecule has 0 heterocycles. The molecule has 0 aliphatic heterocycles. The Hall–Kier alpha value is -0.710. The first kappa shape index (κ1) is 23.3. The van der Waals surface area contributed by atoms with Gasteiger partial charge in [0.25, 0.3) is 0 Å². The van der Waals surface area contributed by atoms with Gasteiger partial charge in [0, 0.05) is 26.7 Å². The van der Waals surface area contributed by atoms with Gasteiger partial charge in [-0.05, 0) is 37.0 Å². The van der Waals surface area contributed by atoms with Crippen LogP contribution in [0.2, 0.25) is 0 Å². The Morgan fingerprint density at radius 2 is 1.69 bits per heavy atom. The van der Waals surface area contributed by atoms with Crippen LogP contribution < -0.4 is 10.5 Å². The molecule has 0 bridgehead atoms. The minimum absolute atomic E-state index is 0. The predicted molar refractivity (Wildman–Crippen MR) is 104 cm³/mol. The van der Waals surface area contributed by atoms with E-state index in [2.05, 4.69) is 4.72 Å². The van der Waals surface area contributed by atoms with Crippen LogP contribution in [0.4, 0.5) is 0 Å². The van der Waals surface area contributed by atoms with Gasteiger partial charge in [0.15, 0.2) is 0 Å². The van der Waals surface area contributed by atoms with Crippen molar-refractivity contribution in [2.45, 2.75) is 47.9 Å². The second-order valence-electron chi connectivity index (χ2n) is 6.62. The molecule has 0 saturated heterocycles. The van der Waals surface area contributed by atoms with Crippen molar-refractivity contribution in [1.29, 1.82) is 0 Å². The van der Waals surface area contributed by atoms with Gasteiger partial charge in [-0.15, -0.1) is 12.4 Å². The maximum Gasteiger partial charge on any atom is 0.242 e. The number of nitrogens with one attached hydrogen (secondary N) is 1. The number of sulfonamides is 2. The minimum atomic E-state index is -3.84. The fourth-order valence-corrected chi connectivity index (χ4v) is 5.54. The maximum absolute atomic E-state index is 12.7. The van der Waals surface area contributed by atoms with Gasteiger partial charge in [0.05, 0.1) is 9.79 Å². The summed E-state index contributed by atoms with van der Waals surface area (Å²) in [5.74, 6) is 0.224. The monoisotopic (exact) mass is 425 g/mol. The van der Waals surface area contributed by atoms with Crippen LogP contribution in [0.15, 0.2) is 34.1 Å². The largest absolute Gasteiger partial charge is 0.329 e. The first-order chi connectivity index (χ1) is 11.7. The highest BCUT2D eigenvalue weighted by molar-refractivity contribution is 7.90. The van der Waals surface area contributed by atoms with Crippen molar-refractivity contribution in [3.63, 3.8) is 0 Å². The topological polar surface area (TPSA) is 110 Å². The zero-order valence-corrected chi connectivity index (χ0v) is 17.5. The molecular weight excluding hydrogens is 398 g/mol. The van der Waals surface area contributed by atoms with Crippen LogP contribution >= 0.6 is 12.4 Å². The van der Waals surface area contributed by atoms with Crippen LogP contribution in [0.1, 0.15) is 32.1 Å². The average molecular weight is 426 g/mol. The van der Waals surface area contributed by atoms with E-state index in [1.165, 1.54) is 44.8 Å². The molecule has 0 aromatic heterocycles. The normalized spacial score (nSPS) is 17.7. The standard InChI is InChI=1S/C16H27N3O4S2.ClH/c1-19(2)25(22,23)15-10-6-9-14(11-15)24(20,21)18-16(12-17)13-7-4-3-5-8-13;/h6,9-11,13,16,18H,3-5,7-8,12,17H2,1-2H3;1H. The van der Waals surface area contributed by atoms with Gasteiger partial charge in [0.1, 0.15) is 0 Å². The van der Waals surface area contributed by atoms with Crippen LogP contribution in [0.5, 0.6) is 0 Å². The average Bonchev–Trinajstić information content (AvgIpc) is 2.60. The smallest absolute Gasteiger partial charge is 0.242 e. The Morgan fingerprint density at radius 3 is 2.23 bits per heavy atom. The van der Waals surface area contributed by atoms with Crippen molar-refractivity contribution in [2.75, 3.05) is 20.6 Å². The Kier molecular flexibility index (Phi) is 8.50. The molecular formula is C16H28ClN3O4S2. The van der Waals surface area contributed by atoms with E-state index >= 15 is 0 Å². The Labute approximate surface area is 162 Å². The number of rotatable bonds is 7. The summed E-state index contributed by atoms with van der Waals surface area (Å²) in [7, 11) is -4.73. The van der Waals surface area contributed by atoms with E-state index in [0.717, 1.165) is 30.0 Å². The summed E-state index contributed by atoms with van der Waals surface area (Å²) in [5.41, 5.74) is 5.80. The molecule has 0 radical (unpaired) electrons. The molecule has 1 unspecified atom stereocenters. The van der Waals surface area contributed by atoms with Gasteiger partial charge in [-0.2, -0.15) is 0 Å². The van der Waals surface area contributed by atoms with Crippen molar-refractivity contribution in [3.05, 3.63) is 24.3 Å². The molecule has 1 fully saturated rings. The quantitative estimate of drug-likeness (QED) is 0.688. The number of hydrogen-bond acceptors (Lipinski definition) is 5. The third-order valence-corrected chi connectivity index (χ3v) is 7.97. The van der Waals surface area contributed by atoms with Gasteiger partial charge >= 0.3 is 0 Å². The van der Waals surface area contributed by atoms with Crippen molar-refractivity contribution < 1.29 is 16.8 Å². The lowest BCUT2D eigenvalue weighted by Gasteiger charge is -2.29. The summed E-state index contributed by atoms with van der Waals surface area (Å²) in [6.45, 7) is 0.222. The first-order valence-corrected chi connectivity index (χ1v) is 11.4. The Morgan fingerprint density at radius 1 is 1.12 bits per heavy atom. The molecule has 1 saturated carbocycles. The van der Waals surface area contributed by atoms with E-state index in [1.807, 2.05) is 0 Å². The SMILES string of the molecule is CN(C)S(=O)(=O)c1cccc(S(=O)(=O)NC(CN)C2CCCCC2)c1.Cl. The molecule has 1 aromatic rings. The van der Waals surface area contributed by atoms with E-state index in [-0.39, 0.29) is 40.7 Å². The third kappa shape index (κ3) is 5.40. The van der Waals surface area contributed by atoms with Crippen LogP contribution in [0, 0.1) is 5.92 Å². The highest BCUT2D eigenvalue weighted by atomic mass is 35.5. The van der Waals surface area contributed by atoms with Crippen LogP contribution in [0.25, 0.3) is 0 Å². The molecule has 1 aromatic carbocycles. The molecule has 1 atom stereocenters. The molecule has 1 aliphatic rings. The summed E-state index contributed by atoms with van der Waals surface area (Å²) < 4.78 is 53.6. The van der Waals surface area contributed by atoms with Gasteiger partial charge in [-0.3, -0.25) is 0 Å². The molecule has 0 amide bonds. The molecule has 10 heteroatoms. The molecule has 0 spiro atoms. The lowest BCUT2D eigenvalue weighted by atomic mass is 9.84. The molecule has 1 aliphatic carbocycles. The molecule has 150 valence electrons. The zero-order chi connectivity index (χ0) is 18.7. The summed E-state index contributed by atoms with van der Waals surface area (Å²) in [6.07, 6.45) is 5.25. The minimum Gasteiger partial charge on any atom is -0.329 e. The van der Waals surface area contributed by atoms with Crippen LogP contribution in [0.3, 0.4) is 0 Å². The number of hydrogen-bond donors (Lipinski definition) is 2. The zero-order valence-electron chi connectivity index (χ0n) is 15.1. The second kappa shape index (κ2) is 9.48. The number of nitrogens with two attached hydrogens (primary N) is 1. The van der Waals surface area contributed by atoms with Crippen molar-refractivity contribution in [3.8, 4) is 0 Å². The number of halogens is 1. The summed E-state index contributed by atoms with van der Waals surface area (Å²) >= 11 is 0. The van der Waals surface area contributed by atoms with Crippen LogP contribution in [-0.2, 0) is 20.0 Å². The van der Waals surface area contributed by atoms with E-state index in [0.29, 0.717) is 0 Å². The Balaban J connectivity index is 0.00000338. The van der Waals surface area contributed by atoms with Crippen molar-refractivity contribution >= 4 is 32.5 Å². The third-order valence-electron chi connectivity index (χ3n) is 4.67. The molecule has 26 heavy (non-hydrogen) atoms. The van der Waals surface area contributed by atoms with Gasteiger partial charge in [-0.1, -0.05) is 25.3 Å². The first-order valence-electron chi connectivity index (χ1n) is 8.43. The fourth-order valence-electron chi connectivity index (χ4n) is 3.15. The second-order valence-corrected chi connectivity index (χ2v) is 10.5. The van der Waals surface area contributed by atoms with Gasteiger partial charge in [0.2, 0.25) is 20.0 Å². The van der Waals surface area contributed by atoms with Crippen LogP contribution in [-0.4, -0.2) is 47.8 Å². The fraction of sp³-hybridized carbons (Fsp3) is 0.625. The predicted octanol–water partition coefficient (Wildman–Crippen LogP) is 1.54. The van der Waals surface area contributed by atoms with Gasteiger partial charge in [-0.25, -0.2) is 25.9 Å². The summed E-state index contributed by atoms with van der Waals surface area (Å²) in [6, 6.07) is 5.07. The maximum atomic E-state index is 12.7. The lowest BCUT2D eigenvalue weighted by Crippen LogP contribution is -2.45. The van der Waals surface area contributed by atoms with E-state index in [1.54, 1.807) is 0 Å². The highest BCUT2D eigenvalue weighted by Crippen LogP contribution is 2.27. The lowest BCUT2D eigenvalue weighted by molar-refractivity contribution is 0.294. The van der Waals surface area contributed by atoms with E-state index in [4.69, 9.17) is 5.73 Å². The van der Waals surface area contributed by atoms with Gasteiger partial charge < -0.3 is 5.73 Å². The Bertz CT molecular complexity index is 791. The molecule has 3 N–H and O–H groups in total. The summed E-state index contributed by atoms with van der Waals surface area (Å²) in [4.78, 5) is -0.118. The van der Waals surface area contributed by atoms with Crippen molar-refractivity contribution in [1.82, 2.24) is 9.03 Å². The highest BCUT2D eigenvalue weighted by Gasteiger charge is 2.28. The van der Waals surface area contributed by atoms with Crippen molar-refractivity contribution in [2.24, 2.45) is 11.7 Å². The van der Waals surface area contributed by atoms with E-state index < -0.39 is 20.0 Å².